The lowest BCUT2D eigenvalue weighted by molar-refractivity contribution is 0.0693. The van der Waals surface area contributed by atoms with E-state index >= 15 is 0 Å². The smallest absolute Gasteiger partial charge is 0.341 e. The Morgan fingerprint density at radius 1 is 1.22 bits per heavy atom. The van der Waals surface area contributed by atoms with Crippen LogP contribution in [0.3, 0.4) is 0 Å². The SMILES string of the molecule is O=C(O)c1ccnnc1Oc1ccc(CO)cc1. The second-order valence-electron chi connectivity index (χ2n) is 3.46. The zero-order valence-corrected chi connectivity index (χ0v) is 9.28. The summed E-state index contributed by atoms with van der Waals surface area (Å²) in [7, 11) is 0. The predicted octanol–water partition coefficient (Wildman–Crippen LogP) is 1.46. The minimum absolute atomic E-state index is 0.0590. The van der Waals surface area contributed by atoms with Crippen LogP contribution in [0.4, 0.5) is 0 Å². The molecule has 6 nitrogen and oxygen atoms in total. The largest absolute Gasteiger partial charge is 0.477 e. The Morgan fingerprint density at radius 3 is 2.56 bits per heavy atom. The molecule has 0 aliphatic rings. The number of ether oxygens (including phenoxy) is 1. The first-order valence-corrected chi connectivity index (χ1v) is 5.13. The molecule has 0 atom stereocenters. The van der Waals surface area contributed by atoms with Gasteiger partial charge in [0.15, 0.2) is 0 Å². The van der Waals surface area contributed by atoms with Gasteiger partial charge in [0.2, 0.25) is 0 Å². The molecule has 1 heterocycles. The number of carbonyl (C=O) groups is 1. The zero-order valence-electron chi connectivity index (χ0n) is 9.28. The van der Waals surface area contributed by atoms with Gasteiger partial charge in [0.1, 0.15) is 11.3 Å². The quantitative estimate of drug-likeness (QED) is 0.848. The maximum Gasteiger partial charge on any atom is 0.341 e. The van der Waals surface area contributed by atoms with Gasteiger partial charge < -0.3 is 14.9 Å². The van der Waals surface area contributed by atoms with Crippen molar-refractivity contribution in [3.63, 3.8) is 0 Å². The van der Waals surface area contributed by atoms with Gasteiger partial charge in [-0.1, -0.05) is 12.1 Å². The lowest BCUT2D eigenvalue weighted by atomic mass is 10.2. The summed E-state index contributed by atoms with van der Waals surface area (Å²) in [6.45, 7) is -0.0637. The topological polar surface area (TPSA) is 92.5 Å². The summed E-state index contributed by atoms with van der Waals surface area (Å²) >= 11 is 0. The number of aromatic nitrogens is 2. The summed E-state index contributed by atoms with van der Waals surface area (Å²) in [6, 6.07) is 7.89. The molecule has 18 heavy (non-hydrogen) atoms. The van der Waals surface area contributed by atoms with E-state index in [4.69, 9.17) is 14.9 Å². The van der Waals surface area contributed by atoms with Crippen molar-refractivity contribution in [1.82, 2.24) is 10.2 Å². The fourth-order valence-corrected chi connectivity index (χ4v) is 1.33. The normalized spacial score (nSPS) is 10.1. The molecule has 0 bridgehead atoms. The van der Waals surface area contributed by atoms with Crippen molar-refractivity contribution >= 4 is 5.97 Å². The molecule has 1 aromatic carbocycles. The van der Waals surface area contributed by atoms with Gasteiger partial charge in [0, 0.05) is 0 Å². The molecule has 0 saturated heterocycles. The van der Waals surface area contributed by atoms with Crippen LogP contribution in [0.2, 0.25) is 0 Å². The first-order valence-electron chi connectivity index (χ1n) is 5.13. The molecule has 92 valence electrons. The predicted molar refractivity (Wildman–Crippen MR) is 61.4 cm³/mol. The van der Waals surface area contributed by atoms with Crippen LogP contribution in [0.25, 0.3) is 0 Å². The molecular weight excluding hydrogens is 236 g/mol. The second-order valence-corrected chi connectivity index (χ2v) is 3.46. The number of carboxylic acids is 1. The monoisotopic (exact) mass is 246 g/mol. The number of rotatable bonds is 4. The van der Waals surface area contributed by atoms with Crippen LogP contribution in [-0.2, 0) is 6.61 Å². The van der Waals surface area contributed by atoms with Gasteiger partial charge >= 0.3 is 5.97 Å². The molecule has 2 aromatic rings. The van der Waals surface area contributed by atoms with E-state index in [2.05, 4.69) is 10.2 Å². The summed E-state index contributed by atoms with van der Waals surface area (Å²) in [4.78, 5) is 10.9. The van der Waals surface area contributed by atoms with Crippen molar-refractivity contribution in [1.29, 1.82) is 0 Å². The third-order valence-electron chi connectivity index (χ3n) is 2.24. The van der Waals surface area contributed by atoms with Crippen LogP contribution in [-0.4, -0.2) is 26.4 Å². The molecule has 0 unspecified atom stereocenters. The van der Waals surface area contributed by atoms with Gasteiger partial charge in [0.25, 0.3) is 5.88 Å². The zero-order chi connectivity index (χ0) is 13.0. The highest BCUT2D eigenvalue weighted by atomic mass is 16.5. The van der Waals surface area contributed by atoms with E-state index in [1.165, 1.54) is 12.3 Å². The molecule has 2 N–H and O–H groups in total. The number of benzene rings is 1. The van der Waals surface area contributed by atoms with Crippen molar-refractivity contribution in [2.75, 3.05) is 0 Å². The van der Waals surface area contributed by atoms with Gasteiger partial charge in [-0.25, -0.2) is 4.79 Å². The average molecular weight is 246 g/mol. The molecule has 6 heteroatoms. The van der Waals surface area contributed by atoms with Crippen LogP contribution in [0, 0.1) is 0 Å². The molecule has 1 aromatic heterocycles. The van der Waals surface area contributed by atoms with Crippen LogP contribution in [0.5, 0.6) is 11.6 Å². The van der Waals surface area contributed by atoms with Crippen LogP contribution >= 0.6 is 0 Å². The number of carboxylic acid groups (broad SMARTS) is 1. The van der Waals surface area contributed by atoms with E-state index in [0.717, 1.165) is 5.56 Å². The molecule has 0 spiro atoms. The lowest BCUT2D eigenvalue weighted by Crippen LogP contribution is -2.02. The average Bonchev–Trinajstić information content (AvgIpc) is 2.40. The Hall–Kier alpha value is -2.47. The van der Waals surface area contributed by atoms with E-state index < -0.39 is 5.97 Å². The van der Waals surface area contributed by atoms with Gasteiger partial charge in [-0.3, -0.25) is 0 Å². The molecule has 0 amide bonds. The fraction of sp³-hybridized carbons (Fsp3) is 0.0833. The van der Waals surface area contributed by atoms with E-state index in [-0.39, 0.29) is 18.1 Å². The van der Waals surface area contributed by atoms with Gasteiger partial charge in [0.05, 0.1) is 12.8 Å². The summed E-state index contributed by atoms with van der Waals surface area (Å²) in [5, 5.41) is 25.1. The second kappa shape index (κ2) is 5.24. The van der Waals surface area contributed by atoms with E-state index in [1.54, 1.807) is 24.3 Å². The molecule has 0 aliphatic heterocycles. The Balaban J connectivity index is 2.25. The summed E-state index contributed by atoms with van der Waals surface area (Å²) in [5.41, 5.74) is 0.677. The minimum Gasteiger partial charge on any atom is -0.477 e. The third-order valence-corrected chi connectivity index (χ3v) is 2.24. The number of aliphatic hydroxyl groups excluding tert-OH is 1. The van der Waals surface area contributed by atoms with Crippen LogP contribution < -0.4 is 4.74 Å². The van der Waals surface area contributed by atoms with E-state index in [1.807, 2.05) is 0 Å². The molecule has 0 radical (unpaired) electrons. The number of hydrogen-bond acceptors (Lipinski definition) is 5. The van der Waals surface area contributed by atoms with Crippen LogP contribution in [0.15, 0.2) is 36.5 Å². The minimum atomic E-state index is -1.13. The Morgan fingerprint density at radius 2 is 1.94 bits per heavy atom. The summed E-state index contributed by atoms with van der Waals surface area (Å²) in [6.07, 6.45) is 1.28. The van der Waals surface area contributed by atoms with Gasteiger partial charge in [-0.2, -0.15) is 5.10 Å². The first kappa shape index (κ1) is 12.0. The van der Waals surface area contributed by atoms with Crippen LogP contribution in [0.1, 0.15) is 15.9 Å². The number of hydrogen-bond donors (Lipinski definition) is 2. The van der Waals surface area contributed by atoms with E-state index in [0.29, 0.717) is 5.75 Å². The van der Waals surface area contributed by atoms with Crippen molar-refractivity contribution in [2.45, 2.75) is 6.61 Å². The maximum absolute atomic E-state index is 10.9. The highest BCUT2D eigenvalue weighted by Gasteiger charge is 2.13. The molecule has 0 aliphatic carbocycles. The number of aliphatic hydroxyl groups is 1. The fourth-order valence-electron chi connectivity index (χ4n) is 1.33. The number of nitrogens with zero attached hydrogens (tertiary/aromatic N) is 2. The Bertz CT molecular complexity index is 554. The lowest BCUT2D eigenvalue weighted by Gasteiger charge is -2.06. The number of aromatic carboxylic acids is 1. The van der Waals surface area contributed by atoms with Crippen molar-refractivity contribution < 1.29 is 19.7 Å². The Kier molecular flexibility index (Phi) is 3.49. The summed E-state index contributed by atoms with van der Waals surface area (Å²) in [5.74, 6) is -0.774. The van der Waals surface area contributed by atoms with Gasteiger partial charge in [-0.05, 0) is 23.8 Å². The van der Waals surface area contributed by atoms with Gasteiger partial charge in [-0.15, -0.1) is 5.10 Å². The Labute approximate surface area is 102 Å². The highest BCUT2D eigenvalue weighted by molar-refractivity contribution is 5.90. The van der Waals surface area contributed by atoms with Crippen molar-refractivity contribution in [3.05, 3.63) is 47.7 Å². The maximum atomic E-state index is 10.9. The first-order chi connectivity index (χ1) is 8.70. The standard InChI is InChI=1S/C12H10N2O4/c15-7-8-1-3-9(4-2-8)18-11-10(12(16)17)5-6-13-14-11/h1-6,15H,7H2,(H,16,17). The molecule has 0 saturated carbocycles. The third kappa shape index (κ3) is 2.61. The molecular formula is C12H10N2O4. The highest BCUT2D eigenvalue weighted by Crippen LogP contribution is 2.22. The molecule has 0 fully saturated rings. The van der Waals surface area contributed by atoms with Crippen molar-refractivity contribution in [3.8, 4) is 11.6 Å². The molecule has 2 rings (SSSR count). The summed E-state index contributed by atoms with van der Waals surface area (Å²) < 4.78 is 5.33. The van der Waals surface area contributed by atoms with Crippen molar-refractivity contribution in [2.24, 2.45) is 0 Å². The van der Waals surface area contributed by atoms with E-state index in [9.17, 15) is 4.79 Å².